The summed E-state index contributed by atoms with van der Waals surface area (Å²) in [6.45, 7) is 2.58. The van der Waals surface area contributed by atoms with E-state index in [1.165, 1.54) is 25.7 Å². The molecule has 1 aliphatic heterocycles. The second-order valence-corrected chi connectivity index (χ2v) is 6.96. The fourth-order valence-corrected chi connectivity index (χ4v) is 3.59. The standard InChI is InChI=1S/C16H26N4O/c1-18-15(21)12-3-2-8-20(9-12)11-16(10-17,13-4-5-13)19-14-6-7-14/h12-14,19H,2-9,11H2,1H3,(H,18,21). The molecule has 0 aromatic heterocycles. The maximum absolute atomic E-state index is 11.9. The Morgan fingerprint density at radius 1 is 1.33 bits per heavy atom. The number of hydrogen-bond donors (Lipinski definition) is 2. The molecule has 2 unspecified atom stereocenters. The van der Waals surface area contributed by atoms with Crippen LogP contribution in [0.3, 0.4) is 0 Å². The first-order chi connectivity index (χ1) is 10.2. The highest BCUT2D eigenvalue weighted by atomic mass is 16.1. The lowest BCUT2D eigenvalue weighted by atomic mass is 9.90. The van der Waals surface area contributed by atoms with Gasteiger partial charge in [-0.2, -0.15) is 5.26 Å². The van der Waals surface area contributed by atoms with E-state index < -0.39 is 0 Å². The Morgan fingerprint density at radius 3 is 2.67 bits per heavy atom. The first-order valence-corrected chi connectivity index (χ1v) is 8.30. The maximum Gasteiger partial charge on any atom is 0.224 e. The number of hydrogen-bond acceptors (Lipinski definition) is 4. The topological polar surface area (TPSA) is 68.2 Å². The Hall–Kier alpha value is -1.12. The van der Waals surface area contributed by atoms with Gasteiger partial charge in [0.2, 0.25) is 5.91 Å². The van der Waals surface area contributed by atoms with E-state index in [2.05, 4.69) is 21.6 Å². The molecule has 1 amide bonds. The summed E-state index contributed by atoms with van der Waals surface area (Å²) in [5.74, 6) is 0.729. The van der Waals surface area contributed by atoms with E-state index in [4.69, 9.17) is 0 Å². The molecule has 0 radical (unpaired) electrons. The molecule has 5 heteroatoms. The van der Waals surface area contributed by atoms with Gasteiger partial charge in [0.25, 0.3) is 0 Å². The monoisotopic (exact) mass is 290 g/mol. The van der Waals surface area contributed by atoms with Crippen molar-refractivity contribution in [1.82, 2.24) is 15.5 Å². The summed E-state index contributed by atoms with van der Waals surface area (Å²) in [5.41, 5.74) is -0.383. The smallest absolute Gasteiger partial charge is 0.224 e. The summed E-state index contributed by atoms with van der Waals surface area (Å²) in [6.07, 6.45) is 6.76. The molecule has 0 spiro atoms. The number of carbonyl (C=O) groups is 1. The van der Waals surface area contributed by atoms with Crippen LogP contribution in [0.2, 0.25) is 0 Å². The van der Waals surface area contributed by atoms with E-state index in [0.29, 0.717) is 12.0 Å². The third kappa shape index (κ3) is 3.38. The Morgan fingerprint density at radius 2 is 2.10 bits per heavy atom. The summed E-state index contributed by atoms with van der Waals surface area (Å²) < 4.78 is 0. The van der Waals surface area contributed by atoms with Crippen LogP contribution in [0, 0.1) is 23.2 Å². The molecule has 5 nitrogen and oxygen atoms in total. The van der Waals surface area contributed by atoms with Gasteiger partial charge in [0.15, 0.2) is 0 Å². The Kier molecular flexibility index (Phi) is 4.19. The predicted octanol–water partition coefficient (Wildman–Crippen LogP) is 0.869. The number of likely N-dealkylation sites (tertiary alicyclic amines) is 1. The lowest BCUT2D eigenvalue weighted by Crippen LogP contribution is -2.57. The zero-order valence-electron chi connectivity index (χ0n) is 12.9. The van der Waals surface area contributed by atoms with Crippen LogP contribution < -0.4 is 10.6 Å². The second kappa shape index (κ2) is 5.94. The lowest BCUT2D eigenvalue weighted by Gasteiger charge is -2.38. The van der Waals surface area contributed by atoms with Crippen LogP contribution in [0.25, 0.3) is 0 Å². The van der Waals surface area contributed by atoms with E-state index in [1.54, 1.807) is 7.05 Å². The first-order valence-electron chi connectivity index (χ1n) is 8.30. The van der Waals surface area contributed by atoms with Crippen LogP contribution in [0.1, 0.15) is 38.5 Å². The summed E-state index contributed by atoms with van der Waals surface area (Å²) in [4.78, 5) is 14.2. The van der Waals surface area contributed by atoms with Crippen molar-refractivity contribution in [3.05, 3.63) is 0 Å². The molecule has 2 N–H and O–H groups in total. The van der Waals surface area contributed by atoms with Crippen LogP contribution in [-0.2, 0) is 4.79 Å². The van der Waals surface area contributed by atoms with Crippen molar-refractivity contribution < 1.29 is 4.79 Å². The van der Waals surface area contributed by atoms with E-state index in [0.717, 1.165) is 32.5 Å². The van der Waals surface area contributed by atoms with E-state index in [-0.39, 0.29) is 17.4 Å². The average molecular weight is 290 g/mol. The Bertz CT molecular complexity index is 438. The molecular formula is C16H26N4O. The van der Waals surface area contributed by atoms with Gasteiger partial charge in [-0.15, -0.1) is 0 Å². The summed E-state index contributed by atoms with van der Waals surface area (Å²) in [6, 6.07) is 3.15. The fourth-order valence-electron chi connectivity index (χ4n) is 3.59. The molecule has 2 aliphatic carbocycles. The molecular weight excluding hydrogens is 264 g/mol. The van der Waals surface area contributed by atoms with Gasteiger partial charge in [-0.25, -0.2) is 0 Å². The van der Waals surface area contributed by atoms with Gasteiger partial charge in [-0.1, -0.05) is 0 Å². The van der Waals surface area contributed by atoms with Gasteiger partial charge in [0.1, 0.15) is 5.54 Å². The third-order valence-corrected chi connectivity index (χ3v) is 5.11. The molecule has 116 valence electrons. The second-order valence-electron chi connectivity index (χ2n) is 6.96. The third-order valence-electron chi connectivity index (χ3n) is 5.11. The minimum Gasteiger partial charge on any atom is -0.359 e. The largest absolute Gasteiger partial charge is 0.359 e. The summed E-state index contributed by atoms with van der Waals surface area (Å²) in [5, 5.41) is 16.2. The lowest BCUT2D eigenvalue weighted by molar-refractivity contribution is -0.126. The molecule has 21 heavy (non-hydrogen) atoms. The van der Waals surface area contributed by atoms with Crippen LogP contribution in [0.4, 0.5) is 0 Å². The van der Waals surface area contributed by atoms with Crippen molar-refractivity contribution in [3.63, 3.8) is 0 Å². The highest BCUT2D eigenvalue weighted by Crippen LogP contribution is 2.42. The molecule has 3 rings (SSSR count). The Balaban J connectivity index is 1.64. The number of nitriles is 1. The normalized spacial score (nSPS) is 29.4. The van der Waals surface area contributed by atoms with Gasteiger partial charge >= 0.3 is 0 Å². The molecule has 0 bridgehead atoms. The van der Waals surface area contributed by atoms with Crippen molar-refractivity contribution in [2.75, 3.05) is 26.7 Å². The van der Waals surface area contributed by atoms with Crippen molar-refractivity contribution in [3.8, 4) is 6.07 Å². The first kappa shape index (κ1) is 14.8. The van der Waals surface area contributed by atoms with Gasteiger partial charge in [0, 0.05) is 26.2 Å². The molecule has 0 aromatic carbocycles. The van der Waals surface area contributed by atoms with E-state index in [1.807, 2.05) is 0 Å². The molecule has 2 atom stereocenters. The summed E-state index contributed by atoms with van der Waals surface area (Å²) >= 11 is 0. The molecule has 2 saturated carbocycles. The minimum absolute atomic E-state index is 0.0836. The Labute approximate surface area is 127 Å². The number of amides is 1. The van der Waals surface area contributed by atoms with Crippen molar-refractivity contribution in [2.24, 2.45) is 11.8 Å². The zero-order valence-corrected chi connectivity index (χ0v) is 12.9. The number of piperidine rings is 1. The number of rotatable bonds is 6. The minimum atomic E-state index is -0.383. The molecule has 0 aromatic rings. The van der Waals surface area contributed by atoms with Crippen molar-refractivity contribution >= 4 is 5.91 Å². The number of carbonyl (C=O) groups excluding carboxylic acids is 1. The van der Waals surface area contributed by atoms with Gasteiger partial charge < -0.3 is 5.32 Å². The van der Waals surface area contributed by atoms with Gasteiger partial charge in [-0.05, 0) is 51.0 Å². The van der Waals surface area contributed by atoms with Gasteiger partial charge in [0.05, 0.1) is 12.0 Å². The zero-order chi connectivity index (χ0) is 14.9. The SMILES string of the molecule is CNC(=O)C1CCCN(CC(C#N)(NC2CC2)C2CC2)C1. The van der Waals surface area contributed by atoms with Crippen molar-refractivity contribution in [2.45, 2.75) is 50.1 Å². The van der Waals surface area contributed by atoms with Gasteiger partial charge in [-0.3, -0.25) is 15.0 Å². The molecule has 3 fully saturated rings. The number of nitrogens with one attached hydrogen (secondary N) is 2. The van der Waals surface area contributed by atoms with Crippen LogP contribution in [-0.4, -0.2) is 49.1 Å². The van der Waals surface area contributed by atoms with Crippen LogP contribution in [0.15, 0.2) is 0 Å². The van der Waals surface area contributed by atoms with Crippen LogP contribution >= 0.6 is 0 Å². The van der Waals surface area contributed by atoms with E-state index in [9.17, 15) is 10.1 Å². The predicted molar refractivity (Wildman–Crippen MR) is 80.5 cm³/mol. The van der Waals surface area contributed by atoms with E-state index >= 15 is 0 Å². The maximum atomic E-state index is 11.9. The molecule has 1 heterocycles. The average Bonchev–Trinajstić information content (AvgIpc) is 3.38. The molecule has 1 saturated heterocycles. The summed E-state index contributed by atoms with van der Waals surface area (Å²) in [7, 11) is 1.71. The number of nitrogens with zero attached hydrogens (tertiary/aromatic N) is 2. The van der Waals surface area contributed by atoms with Crippen molar-refractivity contribution in [1.29, 1.82) is 5.26 Å². The highest BCUT2D eigenvalue weighted by Gasteiger charge is 2.49. The molecule has 3 aliphatic rings. The fraction of sp³-hybridized carbons (Fsp3) is 0.875. The quantitative estimate of drug-likeness (QED) is 0.761. The highest BCUT2D eigenvalue weighted by molar-refractivity contribution is 5.78. The van der Waals surface area contributed by atoms with Crippen LogP contribution in [0.5, 0.6) is 0 Å².